The molecule has 1 heterocycles. The summed E-state index contributed by atoms with van der Waals surface area (Å²) in [5.41, 5.74) is -1.21. The second kappa shape index (κ2) is 4.79. The van der Waals surface area contributed by atoms with E-state index in [-0.39, 0.29) is 12.7 Å². The molecule has 0 aromatic carbocycles. The molecule has 1 fully saturated rings. The van der Waals surface area contributed by atoms with Gasteiger partial charge in [0.15, 0.2) is 0 Å². The first-order valence-electron chi connectivity index (χ1n) is 5.86. The lowest BCUT2D eigenvalue weighted by Gasteiger charge is -2.30. The van der Waals surface area contributed by atoms with E-state index < -0.39 is 5.67 Å². The smallest absolute Gasteiger partial charge is 0.144 e. The standard InChI is InChI=1S/C12H24FNO/c1-9(2)11-6-14(10(3)4)7-12(5,13)8-15-11/h9-11H,6-8H2,1-5H3/t11-,12+/m1/s1. The molecule has 0 spiro atoms. The maximum absolute atomic E-state index is 14.0. The van der Waals surface area contributed by atoms with E-state index in [1.54, 1.807) is 6.92 Å². The summed E-state index contributed by atoms with van der Waals surface area (Å²) in [6.07, 6.45) is 0.157. The summed E-state index contributed by atoms with van der Waals surface area (Å²) in [4.78, 5) is 2.18. The van der Waals surface area contributed by atoms with Crippen LogP contribution in [-0.4, -0.2) is 42.4 Å². The Hall–Kier alpha value is -0.150. The summed E-state index contributed by atoms with van der Waals surface area (Å²) in [5.74, 6) is 0.445. The molecule has 0 amide bonds. The van der Waals surface area contributed by atoms with Gasteiger partial charge in [-0.15, -0.1) is 0 Å². The molecular formula is C12H24FNO. The van der Waals surface area contributed by atoms with Gasteiger partial charge in [0.05, 0.1) is 12.7 Å². The third-order valence-electron chi connectivity index (χ3n) is 3.02. The van der Waals surface area contributed by atoms with Crippen molar-refractivity contribution in [1.29, 1.82) is 0 Å². The van der Waals surface area contributed by atoms with Crippen LogP contribution < -0.4 is 0 Å². The van der Waals surface area contributed by atoms with Crippen LogP contribution in [0.4, 0.5) is 4.39 Å². The lowest BCUT2D eigenvalue weighted by Crippen LogP contribution is -2.43. The lowest BCUT2D eigenvalue weighted by atomic mass is 10.1. The zero-order valence-corrected chi connectivity index (χ0v) is 10.6. The van der Waals surface area contributed by atoms with Gasteiger partial charge in [-0.2, -0.15) is 0 Å². The minimum atomic E-state index is -1.21. The Morgan fingerprint density at radius 1 is 1.33 bits per heavy atom. The van der Waals surface area contributed by atoms with Crippen LogP contribution in [0.1, 0.15) is 34.6 Å². The number of rotatable bonds is 2. The van der Waals surface area contributed by atoms with Crippen molar-refractivity contribution in [3.05, 3.63) is 0 Å². The van der Waals surface area contributed by atoms with Crippen molar-refractivity contribution in [2.24, 2.45) is 5.92 Å². The van der Waals surface area contributed by atoms with Crippen LogP contribution in [0.15, 0.2) is 0 Å². The molecule has 2 nitrogen and oxygen atoms in total. The first kappa shape index (κ1) is 12.9. The van der Waals surface area contributed by atoms with Gasteiger partial charge in [0.25, 0.3) is 0 Å². The molecule has 0 N–H and O–H groups in total. The molecule has 1 aliphatic rings. The Morgan fingerprint density at radius 3 is 2.40 bits per heavy atom. The fourth-order valence-corrected chi connectivity index (χ4v) is 1.89. The number of nitrogens with zero attached hydrogens (tertiary/aromatic N) is 1. The fourth-order valence-electron chi connectivity index (χ4n) is 1.89. The van der Waals surface area contributed by atoms with Gasteiger partial charge in [-0.3, -0.25) is 4.90 Å². The normalized spacial score (nSPS) is 34.8. The van der Waals surface area contributed by atoms with Crippen LogP contribution in [0.5, 0.6) is 0 Å². The van der Waals surface area contributed by atoms with Crippen molar-refractivity contribution >= 4 is 0 Å². The van der Waals surface area contributed by atoms with Crippen molar-refractivity contribution in [3.8, 4) is 0 Å². The number of alkyl halides is 1. The molecular weight excluding hydrogens is 193 g/mol. The Labute approximate surface area is 92.8 Å². The topological polar surface area (TPSA) is 12.5 Å². The van der Waals surface area contributed by atoms with Crippen molar-refractivity contribution in [2.75, 3.05) is 19.7 Å². The monoisotopic (exact) mass is 217 g/mol. The SMILES string of the molecule is CC(C)[C@H]1CN(C(C)C)C[C@](C)(F)CO1. The molecule has 0 saturated carbocycles. The van der Waals surface area contributed by atoms with E-state index in [0.717, 1.165) is 6.54 Å². The van der Waals surface area contributed by atoms with Crippen molar-refractivity contribution in [1.82, 2.24) is 4.90 Å². The van der Waals surface area contributed by atoms with Gasteiger partial charge in [-0.25, -0.2) is 4.39 Å². The lowest BCUT2D eigenvalue weighted by molar-refractivity contribution is -0.0151. The highest BCUT2D eigenvalue weighted by atomic mass is 19.1. The molecule has 0 aliphatic carbocycles. The molecule has 1 rings (SSSR count). The molecule has 0 bridgehead atoms. The summed E-state index contributed by atoms with van der Waals surface area (Å²) in [6, 6.07) is 0.378. The molecule has 1 saturated heterocycles. The number of ether oxygens (including phenoxy) is 1. The summed E-state index contributed by atoms with van der Waals surface area (Å²) < 4.78 is 19.7. The van der Waals surface area contributed by atoms with Gasteiger partial charge in [0.1, 0.15) is 5.67 Å². The Kier molecular flexibility index (Phi) is 4.13. The van der Waals surface area contributed by atoms with Crippen LogP contribution >= 0.6 is 0 Å². The minimum absolute atomic E-state index is 0.157. The van der Waals surface area contributed by atoms with E-state index in [1.165, 1.54) is 0 Å². The summed E-state index contributed by atoms with van der Waals surface area (Å²) in [7, 11) is 0. The zero-order valence-electron chi connectivity index (χ0n) is 10.6. The first-order chi connectivity index (χ1) is 6.82. The predicted octanol–water partition coefficient (Wildman–Crippen LogP) is 2.48. The summed E-state index contributed by atoms with van der Waals surface area (Å²) in [5, 5.41) is 0. The van der Waals surface area contributed by atoms with Gasteiger partial charge in [0, 0.05) is 19.1 Å². The van der Waals surface area contributed by atoms with E-state index >= 15 is 0 Å². The maximum Gasteiger partial charge on any atom is 0.144 e. The van der Waals surface area contributed by atoms with Gasteiger partial charge >= 0.3 is 0 Å². The average Bonchev–Trinajstić information content (AvgIpc) is 2.23. The maximum atomic E-state index is 14.0. The Bertz CT molecular complexity index is 204. The molecule has 1 aliphatic heterocycles. The fraction of sp³-hybridized carbons (Fsp3) is 1.00. The van der Waals surface area contributed by atoms with E-state index in [2.05, 4.69) is 32.6 Å². The molecule has 0 radical (unpaired) electrons. The molecule has 0 aromatic rings. The van der Waals surface area contributed by atoms with Crippen LogP contribution in [0.25, 0.3) is 0 Å². The number of hydrogen-bond donors (Lipinski definition) is 0. The van der Waals surface area contributed by atoms with Crippen LogP contribution in [0, 0.1) is 5.92 Å². The largest absolute Gasteiger partial charge is 0.373 e. The highest BCUT2D eigenvalue weighted by Crippen LogP contribution is 2.23. The summed E-state index contributed by atoms with van der Waals surface area (Å²) >= 11 is 0. The van der Waals surface area contributed by atoms with Crippen LogP contribution in [0.2, 0.25) is 0 Å². The molecule has 15 heavy (non-hydrogen) atoms. The molecule has 90 valence electrons. The van der Waals surface area contributed by atoms with Gasteiger partial charge in [0.2, 0.25) is 0 Å². The van der Waals surface area contributed by atoms with E-state index in [0.29, 0.717) is 18.5 Å². The first-order valence-corrected chi connectivity index (χ1v) is 5.86. The zero-order chi connectivity index (χ0) is 11.6. The highest BCUT2D eigenvalue weighted by Gasteiger charge is 2.34. The second-order valence-corrected chi connectivity index (χ2v) is 5.53. The van der Waals surface area contributed by atoms with Crippen LogP contribution in [-0.2, 0) is 4.74 Å². The molecule has 0 aromatic heterocycles. The predicted molar refractivity (Wildman–Crippen MR) is 60.8 cm³/mol. The number of halogens is 1. The van der Waals surface area contributed by atoms with E-state index in [9.17, 15) is 4.39 Å². The van der Waals surface area contributed by atoms with Gasteiger partial charge in [-0.05, 0) is 26.7 Å². The van der Waals surface area contributed by atoms with Gasteiger partial charge in [-0.1, -0.05) is 13.8 Å². The number of hydrogen-bond acceptors (Lipinski definition) is 2. The van der Waals surface area contributed by atoms with Crippen molar-refractivity contribution in [2.45, 2.75) is 52.4 Å². The Morgan fingerprint density at radius 2 is 1.93 bits per heavy atom. The van der Waals surface area contributed by atoms with Crippen LogP contribution in [0.3, 0.4) is 0 Å². The van der Waals surface area contributed by atoms with E-state index in [4.69, 9.17) is 4.74 Å². The van der Waals surface area contributed by atoms with E-state index in [1.807, 2.05) is 0 Å². The second-order valence-electron chi connectivity index (χ2n) is 5.53. The minimum Gasteiger partial charge on any atom is -0.373 e. The third kappa shape index (κ3) is 3.72. The third-order valence-corrected chi connectivity index (χ3v) is 3.02. The molecule has 2 atom stereocenters. The quantitative estimate of drug-likeness (QED) is 0.704. The highest BCUT2D eigenvalue weighted by molar-refractivity contribution is 4.85. The van der Waals surface area contributed by atoms with Crippen molar-refractivity contribution < 1.29 is 9.13 Å². The molecule has 0 unspecified atom stereocenters. The average molecular weight is 217 g/mol. The van der Waals surface area contributed by atoms with Crippen molar-refractivity contribution in [3.63, 3.8) is 0 Å². The summed E-state index contributed by atoms with van der Waals surface area (Å²) in [6.45, 7) is 11.7. The molecule has 3 heteroatoms. The Balaban J connectivity index is 2.71. The van der Waals surface area contributed by atoms with Gasteiger partial charge < -0.3 is 4.74 Å².